The molecule has 0 aromatic rings. The lowest BCUT2D eigenvalue weighted by Gasteiger charge is -2.34. The van der Waals surface area contributed by atoms with Crippen LogP contribution < -0.4 is 0 Å². The van der Waals surface area contributed by atoms with Crippen molar-refractivity contribution in [2.45, 2.75) is 0 Å². The summed E-state index contributed by atoms with van der Waals surface area (Å²) in [6.45, 7) is 0. The van der Waals surface area contributed by atoms with Crippen molar-refractivity contribution in [2.75, 3.05) is 84.6 Å². The molecule has 0 aromatic carbocycles. The van der Waals surface area contributed by atoms with Crippen LogP contribution in [-0.2, 0) is 4.57 Å². The van der Waals surface area contributed by atoms with Crippen molar-refractivity contribution in [2.24, 2.45) is 0 Å². The molecular weight excluding hydrogens is 388 g/mol. The lowest BCUT2D eigenvalue weighted by Crippen LogP contribution is -2.25. The first-order chi connectivity index (χ1) is 10.9. The summed E-state index contributed by atoms with van der Waals surface area (Å²) in [5.41, 5.74) is 0. The largest absolute Gasteiger partial charge is 0.507 e. The van der Waals surface area contributed by atoms with Crippen LogP contribution in [0.4, 0.5) is 4.20 Å². The van der Waals surface area contributed by atoms with Crippen LogP contribution in [0, 0.1) is 0 Å². The van der Waals surface area contributed by atoms with E-state index in [0.29, 0.717) is 0 Å². The van der Waals surface area contributed by atoms with Gasteiger partial charge in [-0.05, 0) is 84.6 Å². The van der Waals surface area contributed by atoms with Gasteiger partial charge in [0, 0.05) is 0 Å². The molecule has 0 aliphatic carbocycles. The average Bonchev–Trinajstić information content (AvgIpc) is 2.22. The van der Waals surface area contributed by atoms with Crippen molar-refractivity contribution in [3.05, 3.63) is 0 Å². The van der Waals surface area contributed by atoms with E-state index in [9.17, 15) is 4.20 Å². The fraction of sp³-hybridized carbons (Fsp3) is 1.00. The molecular formula is C12H38FN6O3P3. The van der Waals surface area contributed by atoms with Gasteiger partial charge in [-0.25, -0.2) is 4.57 Å². The third kappa shape index (κ3) is 20.9. The van der Waals surface area contributed by atoms with Crippen molar-refractivity contribution in [3.63, 3.8) is 0 Å². The van der Waals surface area contributed by atoms with E-state index in [2.05, 4.69) is 113 Å². The van der Waals surface area contributed by atoms with E-state index < -0.39 is 7.91 Å². The molecule has 156 valence electrons. The molecule has 0 saturated carbocycles. The highest BCUT2D eigenvalue weighted by Gasteiger charge is 2.16. The second kappa shape index (κ2) is 14.7. The summed E-state index contributed by atoms with van der Waals surface area (Å²) in [5, 5.41) is 0. The van der Waals surface area contributed by atoms with Gasteiger partial charge in [0.2, 0.25) is 0 Å². The SMILES string of the molecule is CN(C)P(N(C)C)N(C)C.CN(C)P(N(C)C)N(C)C.O=P(O)(O)F. The Kier molecular flexibility index (Phi) is 17.9. The molecule has 0 amide bonds. The predicted molar refractivity (Wildman–Crippen MR) is 109 cm³/mol. The van der Waals surface area contributed by atoms with Crippen molar-refractivity contribution >= 4 is 24.7 Å². The van der Waals surface area contributed by atoms with Crippen molar-refractivity contribution in [1.82, 2.24) is 28.0 Å². The van der Waals surface area contributed by atoms with Gasteiger partial charge >= 0.3 is 7.91 Å². The topological polar surface area (TPSA) is 77.0 Å². The number of hydrogen-bond acceptors (Lipinski definition) is 7. The molecule has 2 N–H and O–H groups in total. The lowest BCUT2D eigenvalue weighted by molar-refractivity contribution is 0.322. The van der Waals surface area contributed by atoms with Gasteiger partial charge in [-0.1, -0.05) is 0 Å². The highest BCUT2D eigenvalue weighted by Crippen LogP contribution is 2.41. The minimum atomic E-state index is -5.14. The third-order valence-corrected chi connectivity index (χ3v) is 6.44. The summed E-state index contributed by atoms with van der Waals surface area (Å²) in [6.07, 6.45) is 0. The highest BCUT2D eigenvalue weighted by molar-refractivity contribution is 7.50. The predicted octanol–water partition coefficient (Wildman–Crippen LogP) is 1.84. The summed E-state index contributed by atoms with van der Waals surface area (Å²) in [4.78, 5) is 13.9. The minimum Gasteiger partial charge on any atom is -0.299 e. The molecule has 0 aromatic heterocycles. The van der Waals surface area contributed by atoms with Crippen LogP contribution in [0.1, 0.15) is 0 Å². The van der Waals surface area contributed by atoms with Gasteiger partial charge in [0.05, 0.1) is 0 Å². The van der Waals surface area contributed by atoms with Crippen LogP contribution in [0.5, 0.6) is 0 Å². The average molecular weight is 426 g/mol. The molecule has 0 bridgehead atoms. The van der Waals surface area contributed by atoms with Crippen LogP contribution in [0.2, 0.25) is 0 Å². The monoisotopic (exact) mass is 426 g/mol. The van der Waals surface area contributed by atoms with Crippen molar-refractivity contribution in [1.29, 1.82) is 0 Å². The van der Waals surface area contributed by atoms with Gasteiger partial charge in [-0.15, -0.1) is 4.20 Å². The summed E-state index contributed by atoms with van der Waals surface area (Å²) in [6, 6.07) is 0. The molecule has 0 aliphatic rings. The number of halogens is 1. The number of nitrogens with zero attached hydrogens (tertiary/aromatic N) is 6. The second-order valence-corrected chi connectivity index (χ2v) is 12.9. The summed E-state index contributed by atoms with van der Waals surface area (Å²) in [5.74, 6) is 0. The molecule has 0 saturated heterocycles. The Morgan fingerprint density at radius 2 is 0.640 bits per heavy atom. The number of hydrogen-bond donors (Lipinski definition) is 2. The summed E-state index contributed by atoms with van der Waals surface area (Å²) < 4.78 is 32.4. The van der Waals surface area contributed by atoms with E-state index in [0.717, 1.165) is 0 Å². The molecule has 0 unspecified atom stereocenters. The van der Waals surface area contributed by atoms with E-state index in [-0.39, 0.29) is 16.7 Å². The second-order valence-electron chi connectivity index (χ2n) is 6.09. The molecule has 0 rings (SSSR count). The summed E-state index contributed by atoms with van der Waals surface area (Å²) in [7, 11) is 19.6. The Bertz CT molecular complexity index is 300. The van der Waals surface area contributed by atoms with Gasteiger partial charge in [-0.2, -0.15) is 0 Å². The maximum atomic E-state index is 10.4. The first-order valence-corrected chi connectivity index (χ1v) is 11.2. The Morgan fingerprint density at radius 1 is 0.560 bits per heavy atom. The lowest BCUT2D eigenvalue weighted by atomic mass is 11.2. The van der Waals surface area contributed by atoms with Gasteiger partial charge in [0.25, 0.3) is 0 Å². The molecule has 0 heterocycles. The zero-order valence-electron chi connectivity index (χ0n) is 17.7. The Labute approximate surface area is 156 Å². The summed E-state index contributed by atoms with van der Waals surface area (Å²) >= 11 is 0. The van der Waals surface area contributed by atoms with Crippen LogP contribution in [0.3, 0.4) is 0 Å². The number of rotatable bonds is 6. The molecule has 0 spiro atoms. The minimum absolute atomic E-state index is 0.238. The Hall–Kier alpha value is 0.700. The Morgan fingerprint density at radius 3 is 0.640 bits per heavy atom. The van der Waals surface area contributed by atoms with Crippen molar-refractivity contribution in [3.8, 4) is 0 Å². The maximum Gasteiger partial charge on any atom is 0.507 e. The van der Waals surface area contributed by atoms with Crippen molar-refractivity contribution < 1.29 is 18.5 Å². The first-order valence-electron chi connectivity index (χ1n) is 7.32. The first kappa shape index (κ1) is 30.4. The molecule has 0 aliphatic heterocycles. The highest BCUT2D eigenvalue weighted by atomic mass is 31.2. The van der Waals surface area contributed by atoms with Gasteiger partial charge < -0.3 is 0 Å². The van der Waals surface area contributed by atoms with E-state index in [4.69, 9.17) is 14.4 Å². The molecule has 9 nitrogen and oxygen atoms in total. The zero-order chi connectivity index (χ0) is 21.1. The van der Waals surface area contributed by atoms with Gasteiger partial charge in [-0.3, -0.25) is 37.8 Å². The van der Waals surface area contributed by atoms with Crippen LogP contribution in [0.25, 0.3) is 0 Å². The van der Waals surface area contributed by atoms with Crippen LogP contribution >= 0.6 is 24.7 Å². The fourth-order valence-electron chi connectivity index (χ4n) is 2.15. The quantitative estimate of drug-likeness (QED) is 0.619. The smallest absolute Gasteiger partial charge is 0.299 e. The molecule has 13 heteroatoms. The van der Waals surface area contributed by atoms with Crippen LogP contribution in [0.15, 0.2) is 0 Å². The molecule has 0 radical (unpaired) electrons. The molecule has 25 heavy (non-hydrogen) atoms. The third-order valence-electron chi connectivity index (χ3n) is 2.15. The van der Waals surface area contributed by atoms with E-state index in [1.54, 1.807) is 0 Å². The molecule has 0 fully saturated rings. The fourth-order valence-corrected chi connectivity index (χ4v) is 6.44. The van der Waals surface area contributed by atoms with E-state index in [1.807, 2.05) is 0 Å². The van der Waals surface area contributed by atoms with E-state index in [1.165, 1.54) is 0 Å². The normalized spacial score (nSPS) is 12.4. The van der Waals surface area contributed by atoms with Gasteiger partial charge in [0.1, 0.15) is 16.7 Å². The van der Waals surface area contributed by atoms with E-state index >= 15 is 0 Å². The molecule has 0 atom stereocenters. The zero-order valence-corrected chi connectivity index (χ0v) is 20.4. The Balaban J connectivity index is -0.000000308. The maximum absolute atomic E-state index is 10.4. The van der Waals surface area contributed by atoms with Gasteiger partial charge in [0.15, 0.2) is 0 Å². The van der Waals surface area contributed by atoms with Crippen LogP contribution in [-0.4, -0.2) is 122 Å². The standard InChI is InChI=1S/2C6H18N3P.FH2O3P/c2*1-7(2)10(8(3)4)9(5)6;1-5(2,3)4/h2*1-6H3;(H2,2,3,4).